The van der Waals surface area contributed by atoms with Crippen LogP contribution in [0.2, 0.25) is 0 Å². The van der Waals surface area contributed by atoms with Gasteiger partial charge in [-0.1, -0.05) is 30.0 Å². The first-order valence-electron chi connectivity index (χ1n) is 5.74. The van der Waals surface area contributed by atoms with Gasteiger partial charge in [-0.3, -0.25) is 19.9 Å². The zero-order valence-electron chi connectivity index (χ0n) is 10.8. The number of carbonyl (C=O) groups excluding carboxylic acids is 2. The highest BCUT2D eigenvalue weighted by Gasteiger charge is 2.22. The van der Waals surface area contributed by atoms with E-state index in [4.69, 9.17) is 4.74 Å². The molecule has 1 aromatic rings. The van der Waals surface area contributed by atoms with Crippen LogP contribution in [0.1, 0.15) is 6.92 Å². The van der Waals surface area contributed by atoms with E-state index in [2.05, 4.69) is 20.5 Å². The molecule has 0 radical (unpaired) electrons. The molecule has 20 heavy (non-hydrogen) atoms. The first-order chi connectivity index (χ1) is 9.63. The van der Waals surface area contributed by atoms with Crippen molar-refractivity contribution in [1.29, 1.82) is 0 Å². The molecule has 0 aromatic carbocycles. The topological polar surface area (TPSA) is 93.5 Å². The van der Waals surface area contributed by atoms with Gasteiger partial charge in [-0.05, 0) is 5.75 Å². The third-order valence-corrected chi connectivity index (χ3v) is 4.14. The van der Waals surface area contributed by atoms with E-state index in [0.29, 0.717) is 5.13 Å². The van der Waals surface area contributed by atoms with Crippen LogP contribution in [0, 0.1) is 0 Å². The van der Waals surface area contributed by atoms with Gasteiger partial charge in [0, 0.05) is 19.4 Å². The summed E-state index contributed by atoms with van der Waals surface area (Å²) in [4.78, 5) is 27.4. The largest absolute Gasteiger partial charge is 0.368 e. The molecular weight excluding hydrogens is 300 g/mol. The van der Waals surface area contributed by atoms with Crippen molar-refractivity contribution >= 4 is 46.1 Å². The second kappa shape index (κ2) is 6.73. The highest BCUT2D eigenvalue weighted by Crippen LogP contribution is 2.25. The standard InChI is InChI=1S/C11H12N4O3S2/c1-3-19-11-15-14-10(20-11)13-9(17)6-4-7(16)8(18-2)5-12-6/h4-5,8H,3H2,1-2H3,(H,13,14,17). The number of hydrogen-bond donors (Lipinski definition) is 1. The summed E-state index contributed by atoms with van der Waals surface area (Å²) in [5.74, 6) is 0.0748. The van der Waals surface area contributed by atoms with E-state index in [0.717, 1.165) is 16.2 Å². The number of nitrogens with one attached hydrogen (secondary N) is 1. The number of amides is 1. The Hall–Kier alpha value is -1.58. The molecule has 0 fully saturated rings. The lowest BCUT2D eigenvalue weighted by molar-refractivity contribution is -0.121. The van der Waals surface area contributed by atoms with E-state index in [1.165, 1.54) is 24.7 Å². The van der Waals surface area contributed by atoms with Crippen LogP contribution in [0.15, 0.2) is 21.1 Å². The Morgan fingerprint density at radius 2 is 2.35 bits per heavy atom. The molecule has 0 spiro atoms. The molecule has 1 aromatic heterocycles. The van der Waals surface area contributed by atoms with Gasteiger partial charge in [0.25, 0.3) is 5.91 Å². The summed E-state index contributed by atoms with van der Waals surface area (Å²) in [7, 11) is 1.40. The quantitative estimate of drug-likeness (QED) is 0.647. The highest BCUT2D eigenvalue weighted by molar-refractivity contribution is 8.01. The Bertz CT molecular complexity index is 582. The summed E-state index contributed by atoms with van der Waals surface area (Å²) in [5.41, 5.74) is 0.0307. The van der Waals surface area contributed by atoms with Gasteiger partial charge >= 0.3 is 0 Å². The van der Waals surface area contributed by atoms with Gasteiger partial charge in [-0.25, -0.2) is 0 Å². The number of carbonyl (C=O) groups is 2. The number of thioether (sulfide) groups is 1. The number of methoxy groups -OCH3 is 1. The van der Waals surface area contributed by atoms with Gasteiger partial charge in [-0.2, -0.15) is 0 Å². The summed E-state index contributed by atoms with van der Waals surface area (Å²) >= 11 is 2.82. The number of rotatable bonds is 5. The zero-order valence-corrected chi connectivity index (χ0v) is 12.5. The number of hydrogen-bond acceptors (Lipinski definition) is 8. The Labute approximate surface area is 123 Å². The van der Waals surface area contributed by atoms with Gasteiger partial charge in [0.05, 0.1) is 0 Å². The lowest BCUT2D eigenvalue weighted by Gasteiger charge is -2.11. The Kier molecular flexibility index (Phi) is 4.99. The van der Waals surface area contributed by atoms with E-state index in [-0.39, 0.29) is 11.5 Å². The fraction of sp³-hybridized carbons (Fsp3) is 0.364. The van der Waals surface area contributed by atoms with Crippen molar-refractivity contribution in [2.75, 3.05) is 18.2 Å². The van der Waals surface area contributed by atoms with Crippen LogP contribution in [-0.4, -0.2) is 47.1 Å². The number of aromatic nitrogens is 2. The molecule has 9 heteroatoms. The molecule has 0 saturated heterocycles. The SMILES string of the molecule is CCSc1nnc(NC(=O)C2=CC(=O)C(OC)C=N2)s1. The van der Waals surface area contributed by atoms with Crippen molar-refractivity contribution in [2.24, 2.45) is 4.99 Å². The normalized spacial score (nSPS) is 18.0. The van der Waals surface area contributed by atoms with Crippen LogP contribution in [0.25, 0.3) is 0 Å². The molecule has 1 aliphatic heterocycles. The summed E-state index contributed by atoms with van der Waals surface area (Å²) in [6.07, 6.45) is 1.74. The van der Waals surface area contributed by atoms with Crippen molar-refractivity contribution < 1.29 is 14.3 Å². The Morgan fingerprint density at radius 3 is 3.00 bits per heavy atom. The second-order valence-corrected chi connectivity index (χ2v) is 6.12. The average molecular weight is 312 g/mol. The lowest BCUT2D eigenvalue weighted by Crippen LogP contribution is -2.28. The predicted molar refractivity (Wildman–Crippen MR) is 77.3 cm³/mol. The van der Waals surface area contributed by atoms with Gasteiger partial charge < -0.3 is 4.74 Å². The third kappa shape index (κ3) is 3.50. The number of ether oxygens (including phenoxy) is 1. The lowest BCUT2D eigenvalue weighted by atomic mass is 10.1. The summed E-state index contributed by atoms with van der Waals surface area (Å²) in [6.45, 7) is 2.00. The Morgan fingerprint density at radius 1 is 1.55 bits per heavy atom. The van der Waals surface area contributed by atoms with E-state index in [9.17, 15) is 9.59 Å². The maximum Gasteiger partial charge on any atom is 0.276 e. The van der Waals surface area contributed by atoms with Crippen molar-refractivity contribution in [2.45, 2.75) is 17.4 Å². The number of ketones is 1. The molecule has 0 saturated carbocycles. The van der Waals surface area contributed by atoms with Gasteiger partial charge in [0.2, 0.25) is 5.13 Å². The minimum atomic E-state index is -0.722. The molecule has 1 atom stereocenters. The zero-order chi connectivity index (χ0) is 14.5. The van der Waals surface area contributed by atoms with Gasteiger partial charge in [0.15, 0.2) is 16.2 Å². The van der Waals surface area contributed by atoms with Crippen LogP contribution in [0.4, 0.5) is 5.13 Å². The molecule has 2 rings (SSSR count). The molecular formula is C11H12N4O3S2. The van der Waals surface area contributed by atoms with Crippen LogP contribution in [0.3, 0.4) is 0 Å². The van der Waals surface area contributed by atoms with Gasteiger partial charge in [0.1, 0.15) is 5.70 Å². The van der Waals surface area contributed by atoms with Gasteiger partial charge in [-0.15, -0.1) is 10.2 Å². The minimum absolute atomic E-state index is 0.0307. The molecule has 1 aliphatic rings. The predicted octanol–water partition coefficient (Wildman–Crippen LogP) is 1.14. The molecule has 1 unspecified atom stereocenters. The van der Waals surface area contributed by atoms with Crippen LogP contribution < -0.4 is 5.32 Å². The summed E-state index contributed by atoms with van der Waals surface area (Å²) in [5, 5.41) is 10.7. The van der Waals surface area contributed by atoms with E-state index in [1.54, 1.807) is 11.8 Å². The van der Waals surface area contributed by atoms with E-state index >= 15 is 0 Å². The number of anilines is 1. The monoisotopic (exact) mass is 312 g/mol. The smallest absolute Gasteiger partial charge is 0.276 e. The van der Waals surface area contributed by atoms with Crippen molar-refractivity contribution in [1.82, 2.24) is 10.2 Å². The summed E-state index contributed by atoms with van der Waals surface area (Å²) < 4.78 is 5.66. The summed E-state index contributed by atoms with van der Waals surface area (Å²) in [6, 6.07) is 0. The second-order valence-electron chi connectivity index (χ2n) is 3.63. The fourth-order valence-corrected chi connectivity index (χ4v) is 3.02. The average Bonchev–Trinajstić information content (AvgIpc) is 2.86. The molecule has 1 N–H and O–H groups in total. The van der Waals surface area contributed by atoms with Crippen molar-refractivity contribution in [3.8, 4) is 0 Å². The first kappa shape index (κ1) is 14.8. The van der Waals surface area contributed by atoms with E-state index < -0.39 is 12.0 Å². The molecule has 2 heterocycles. The van der Waals surface area contributed by atoms with Crippen molar-refractivity contribution in [3.63, 3.8) is 0 Å². The van der Waals surface area contributed by atoms with Crippen LogP contribution >= 0.6 is 23.1 Å². The minimum Gasteiger partial charge on any atom is -0.368 e. The molecule has 0 bridgehead atoms. The maximum absolute atomic E-state index is 11.9. The number of aliphatic imine (C=N–C) groups is 1. The molecule has 0 aliphatic carbocycles. The third-order valence-electron chi connectivity index (χ3n) is 2.29. The molecule has 1 amide bonds. The van der Waals surface area contributed by atoms with Crippen LogP contribution in [0.5, 0.6) is 0 Å². The van der Waals surface area contributed by atoms with Crippen molar-refractivity contribution in [3.05, 3.63) is 11.8 Å². The molecule has 106 valence electrons. The molecule has 7 nitrogen and oxygen atoms in total. The van der Waals surface area contributed by atoms with Crippen LogP contribution in [-0.2, 0) is 14.3 Å². The first-order valence-corrected chi connectivity index (χ1v) is 7.54. The van der Waals surface area contributed by atoms with E-state index in [1.807, 2.05) is 6.92 Å². The highest BCUT2D eigenvalue weighted by atomic mass is 32.2. The fourth-order valence-electron chi connectivity index (χ4n) is 1.38. The maximum atomic E-state index is 11.9. The number of nitrogens with zero attached hydrogens (tertiary/aromatic N) is 3. The Balaban J connectivity index is 2.01.